The summed E-state index contributed by atoms with van der Waals surface area (Å²) in [5.74, 6) is 0.646. The lowest BCUT2D eigenvalue weighted by molar-refractivity contribution is -0.120. The van der Waals surface area contributed by atoms with Gasteiger partial charge in [-0.05, 0) is 50.3 Å². The Hall–Kier alpha value is -1.88. The van der Waals surface area contributed by atoms with Crippen LogP contribution in [0.1, 0.15) is 29.0 Å². The highest BCUT2D eigenvalue weighted by molar-refractivity contribution is 7.15. The predicted octanol–water partition coefficient (Wildman–Crippen LogP) is 3.37. The van der Waals surface area contributed by atoms with Gasteiger partial charge < -0.3 is 4.74 Å². The van der Waals surface area contributed by atoms with Crippen LogP contribution in [0.2, 0.25) is 0 Å². The van der Waals surface area contributed by atoms with Gasteiger partial charge in [0.05, 0.1) is 5.69 Å². The molecule has 4 nitrogen and oxygen atoms in total. The van der Waals surface area contributed by atoms with Gasteiger partial charge in [0.15, 0.2) is 11.7 Å². The molecule has 0 radical (unpaired) electrons. The lowest BCUT2D eigenvalue weighted by Gasteiger charge is -2.14. The van der Waals surface area contributed by atoms with Crippen LogP contribution in [0.25, 0.3) is 0 Å². The molecule has 0 unspecified atom stereocenters. The third-order valence-electron chi connectivity index (χ3n) is 3.85. The van der Waals surface area contributed by atoms with Gasteiger partial charge in [0.2, 0.25) is 0 Å². The third kappa shape index (κ3) is 3.30. The number of likely N-dealkylation sites (N-methyl/N-ethyl adjacent to an activating group) is 1. The Bertz CT molecular complexity index is 658. The third-order valence-corrected chi connectivity index (χ3v) is 5.08. The fourth-order valence-electron chi connectivity index (χ4n) is 2.54. The molecule has 1 aliphatic carbocycles. The summed E-state index contributed by atoms with van der Waals surface area (Å²) in [5, 5.41) is 0.782. The molecule has 22 heavy (non-hydrogen) atoms. The van der Waals surface area contributed by atoms with Crippen LogP contribution in [0.5, 0.6) is 5.75 Å². The molecule has 5 heteroatoms. The van der Waals surface area contributed by atoms with Crippen LogP contribution >= 0.6 is 11.3 Å². The van der Waals surface area contributed by atoms with E-state index in [1.54, 1.807) is 23.3 Å². The number of carbonyl (C=O) groups excluding carboxylic acids is 1. The topological polar surface area (TPSA) is 42.4 Å². The highest BCUT2D eigenvalue weighted by atomic mass is 32.1. The van der Waals surface area contributed by atoms with Crippen LogP contribution in [0, 0.1) is 6.92 Å². The van der Waals surface area contributed by atoms with Crippen molar-refractivity contribution in [2.45, 2.75) is 32.6 Å². The number of rotatable bonds is 4. The molecule has 1 aliphatic rings. The minimum absolute atomic E-state index is 0.0319. The summed E-state index contributed by atoms with van der Waals surface area (Å²) in [6.45, 7) is 2.03. The molecule has 0 atom stereocenters. The normalized spacial score (nSPS) is 13.5. The van der Waals surface area contributed by atoms with Gasteiger partial charge in [-0.2, -0.15) is 0 Å². The van der Waals surface area contributed by atoms with Crippen LogP contribution in [0.4, 0.5) is 5.13 Å². The van der Waals surface area contributed by atoms with Crippen molar-refractivity contribution in [3.8, 4) is 5.75 Å². The lowest BCUT2D eigenvalue weighted by Crippen LogP contribution is -2.31. The summed E-state index contributed by atoms with van der Waals surface area (Å²) in [6.07, 6.45) is 4.55. The van der Waals surface area contributed by atoms with E-state index in [9.17, 15) is 4.79 Å². The summed E-state index contributed by atoms with van der Waals surface area (Å²) in [6, 6.07) is 7.71. The van der Waals surface area contributed by atoms with Crippen molar-refractivity contribution in [3.05, 3.63) is 40.4 Å². The van der Waals surface area contributed by atoms with E-state index < -0.39 is 0 Å². The van der Waals surface area contributed by atoms with E-state index in [-0.39, 0.29) is 12.5 Å². The Kier molecular flexibility index (Phi) is 4.43. The number of benzene rings is 1. The maximum Gasteiger partial charge on any atom is 0.266 e. The van der Waals surface area contributed by atoms with Gasteiger partial charge >= 0.3 is 0 Å². The number of nitrogens with zero attached hydrogens (tertiary/aromatic N) is 2. The lowest BCUT2D eigenvalue weighted by atomic mass is 10.0. The first-order valence-corrected chi connectivity index (χ1v) is 8.40. The predicted molar refractivity (Wildman–Crippen MR) is 88.8 cm³/mol. The second-order valence-electron chi connectivity index (χ2n) is 5.63. The monoisotopic (exact) mass is 316 g/mol. The standard InChI is InChI=1S/C17H20N2O2S/c1-12-6-5-7-13(10-12)21-11-16(20)19(2)17-18-14-8-3-4-9-15(14)22-17/h5-7,10H,3-4,8-9,11H2,1-2H3. The summed E-state index contributed by atoms with van der Waals surface area (Å²) < 4.78 is 5.58. The van der Waals surface area contributed by atoms with Gasteiger partial charge in [0.1, 0.15) is 5.75 Å². The zero-order chi connectivity index (χ0) is 15.5. The number of carbonyl (C=O) groups is 1. The summed E-state index contributed by atoms with van der Waals surface area (Å²) in [5.41, 5.74) is 2.29. The molecule has 116 valence electrons. The fourth-order valence-corrected chi connectivity index (χ4v) is 3.66. The summed E-state index contributed by atoms with van der Waals surface area (Å²) in [7, 11) is 1.77. The van der Waals surface area contributed by atoms with E-state index in [1.807, 2.05) is 31.2 Å². The van der Waals surface area contributed by atoms with Crippen molar-refractivity contribution in [2.24, 2.45) is 0 Å². The number of hydrogen-bond donors (Lipinski definition) is 0. The Morgan fingerprint density at radius 1 is 1.36 bits per heavy atom. The smallest absolute Gasteiger partial charge is 0.266 e. The van der Waals surface area contributed by atoms with Crippen LogP contribution in [0.15, 0.2) is 24.3 Å². The fraction of sp³-hybridized carbons (Fsp3) is 0.412. The van der Waals surface area contributed by atoms with Gasteiger partial charge in [0.25, 0.3) is 5.91 Å². The Labute approximate surface area is 134 Å². The quantitative estimate of drug-likeness (QED) is 0.868. The Morgan fingerprint density at radius 3 is 2.95 bits per heavy atom. The molecule has 0 saturated heterocycles. The number of aryl methyl sites for hydroxylation is 3. The van der Waals surface area contributed by atoms with Crippen molar-refractivity contribution >= 4 is 22.4 Å². The van der Waals surface area contributed by atoms with Crippen LogP contribution in [-0.2, 0) is 17.6 Å². The molecular formula is C17H20N2O2S. The zero-order valence-electron chi connectivity index (χ0n) is 13.0. The molecule has 0 fully saturated rings. The molecule has 1 aromatic carbocycles. The maximum absolute atomic E-state index is 12.3. The molecule has 0 spiro atoms. The van der Waals surface area contributed by atoms with Crippen molar-refractivity contribution < 1.29 is 9.53 Å². The van der Waals surface area contributed by atoms with Crippen LogP contribution in [0.3, 0.4) is 0 Å². The highest BCUT2D eigenvalue weighted by Gasteiger charge is 2.20. The van der Waals surface area contributed by atoms with Gasteiger partial charge in [-0.1, -0.05) is 12.1 Å². The summed E-state index contributed by atoms with van der Waals surface area (Å²) >= 11 is 1.63. The van der Waals surface area contributed by atoms with Crippen molar-refractivity contribution in [2.75, 3.05) is 18.6 Å². The number of aromatic nitrogens is 1. The average Bonchev–Trinajstić information content (AvgIpc) is 2.96. The number of hydrogen-bond acceptors (Lipinski definition) is 4. The second-order valence-corrected chi connectivity index (χ2v) is 6.69. The molecule has 1 aromatic heterocycles. The van der Waals surface area contributed by atoms with Gasteiger partial charge in [-0.25, -0.2) is 4.98 Å². The van der Waals surface area contributed by atoms with Crippen molar-refractivity contribution in [1.82, 2.24) is 4.98 Å². The number of ether oxygens (including phenoxy) is 1. The van der Waals surface area contributed by atoms with E-state index in [2.05, 4.69) is 4.98 Å². The number of fused-ring (bicyclic) bond motifs is 1. The van der Waals surface area contributed by atoms with Gasteiger partial charge in [0, 0.05) is 11.9 Å². The molecule has 0 aliphatic heterocycles. The zero-order valence-corrected chi connectivity index (χ0v) is 13.8. The molecule has 1 amide bonds. The average molecular weight is 316 g/mol. The van der Waals surface area contributed by atoms with E-state index in [0.29, 0.717) is 0 Å². The highest BCUT2D eigenvalue weighted by Crippen LogP contribution is 2.31. The number of thiazole rings is 1. The van der Waals surface area contributed by atoms with Crippen LogP contribution in [-0.4, -0.2) is 24.5 Å². The van der Waals surface area contributed by atoms with E-state index in [1.165, 1.54) is 23.4 Å². The molecule has 2 aromatic rings. The largest absolute Gasteiger partial charge is 0.484 e. The number of amides is 1. The first kappa shape index (κ1) is 15.0. The first-order valence-electron chi connectivity index (χ1n) is 7.58. The Balaban J connectivity index is 1.63. The summed E-state index contributed by atoms with van der Waals surface area (Å²) in [4.78, 5) is 19.8. The maximum atomic E-state index is 12.3. The molecule has 0 saturated carbocycles. The first-order chi connectivity index (χ1) is 10.6. The second kappa shape index (κ2) is 6.48. The van der Waals surface area contributed by atoms with E-state index in [0.717, 1.165) is 29.3 Å². The molecule has 0 bridgehead atoms. The van der Waals surface area contributed by atoms with Crippen LogP contribution < -0.4 is 9.64 Å². The van der Waals surface area contributed by atoms with E-state index >= 15 is 0 Å². The molecular weight excluding hydrogens is 296 g/mol. The van der Waals surface area contributed by atoms with Crippen molar-refractivity contribution in [3.63, 3.8) is 0 Å². The SMILES string of the molecule is Cc1cccc(OCC(=O)N(C)c2nc3c(s2)CCCC3)c1. The van der Waals surface area contributed by atoms with Gasteiger partial charge in [-0.15, -0.1) is 11.3 Å². The molecule has 0 N–H and O–H groups in total. The van der Waals surface area contributed by atoms with Crippen molar-refractivity contribution in [1.29, 1.82) is 0 Å². The molecule has 3 rings (SSSR count). The number of anilines is 1. The minimum Gasteiger partial charge on any atom is -0.484 e. The van der Waals surface area contributed by atoms with Gasteiger partial charge in [-0.3, -0.25) is 9.69 Å². The Morgan fingerprint density at radius 2 is 2.18 bits per heavy atom. The minimum atomic E-state index is -0.0763. The van der Waals surface area contributed by atoms with E-state index in [4.69, 9.17) is 4.74 Å². The molecule has 1 heterocycles.